The van der Waals surface area contributed by atoms with E-state index in [1.807, 2.05) is 0 Å². The Hall–Kier alpha value is -0.730. The Morgan fingerprint density at radius 3 is 2.35 bits per heavy atom. The van der Waals surface area contributed by atoms with E-state index in [1.54, 1.807) is 0 Å². The van der Waals surface area contributed by atoms with Crippen molar-refractivity contribution in [3.63, 3.8) is 0 Å². The van der Waals surface area contributed by atoms with Crippen molar-refractivity contribution >= 4 is 31.3 Å². The molecule has 0 aliphatic rings. The molecule has 0 spiro atoms. The molecular weight excluding hydrogens is 306 g/mol. The first kappa shape index (κ1) is 14.3. The highest BCUT2D eigenvalue weighted by atomic mass is 35.7. The van der Waals surface area contributed by atoms with Crippen molar-refractivity contribution in [3.05, 3.63) is 16.9 Å². The van der Waals surface area contributed by atoms with Crippen LogP contribution in [-0.4, -0.2) is 19.8 Å². The Labute approximate surface area is 104 Å². The third-order valence-electron chi connectivity index (χ3n) is 1.59. The molecule has 96 valence electrons. The van der Waals surface area contributed by atoms with E-state index in [2.05, 4.69) is 9.72 Å². The average Bonchev–Trinajstić information content (AvgIpc) is 2.06. The molecule has 0 amide bonds. The number of pyridine rings is 1. The molecule has 0 fully saturated rings. The van der Waals surface area contributed by atoms with Crippen LogP contribution < -0.4 is 4.74 Å². The van der Waals surface area contributed by atoms with Gasteiger partial charge in [0.25, 0.3) is 9.05 Å². The fourth-order valence-corrected chi connectivity index (χ4v) is 2.95. The topological polar surface area (TPSA) is 56.3 Å². The van der Waals surface area contributed by atoms with Crippen LogP contribution in [0.25, 0.3) is 0 Å². The first-order chi connectivity index (χ1) is 7.52. The summed E-state index contributed by atoms with van der Waals surface area (Å²) in [5.41, 5.74) is -0.125. The number of halogens is 5. The maximum Gasteiger partial charge on any atom is 0.573 e. The number of rotatable bonds is 2. The van der Waals surface area contributed by atoms with Gasteiger partial charge in [-0.25, -0.2) is 8.42 Å². The minimum Gasteiger partial charge on any atom is -0.402 e. The predicted molar refractivity (Wildman–Crippen MR) is 53.7 cm³/mol. The van der Waals surface area contributed by atoms with Gasteiger partial charge >= 0.3 is 6.36 Å². The van der Waals surface area contributed by atoms with Crippen LogP contribution >= 0.6 is 22.3 Å². The van der Waals surface area contributed by atoms with E-state index in [1.165, 1.54) is 6.92 Å². The van der Waals surface area contributed by atoms with Gasteiger partial charge in [0.05, 0.1) is 11.9 Å². The molecule has 1 aromatic heterocycles. The normalized spacial score (nSPS) is 12.6. The monoisotopic (exact) mass is 309 g/mol. The zero-order valence-corrected chi connectivity index (χ0v) is 10.4. The number of aryl methyl sites for hydroxylation is 1. The van der Waals surface area contributed by atoms with Gasteiger partial charge < -0.3 is 4.74 Å². The lowest BCUT2D eigenvalue weighted by Gasteiger charge is -2.12. The first-order valence-electron chi connectivity index (χ1n) is 3.88. The van der Waals surface area contributed by atoms with E-state index < -0.39 is 31.1 Å². The van der Waals surface area contributed by atoms with Crippen LogP contribution in [0.5, 0.6) is 5.75 Å². The largest absolute Gasteiger partial charge is 0.573 e. The standard InChI is InChI=1S/C7H4Cl2F3NO3S/c1-3-6(17(9,14)15)5(8)4(2-13-3)16-7(10,11)12/h2H,1H3. The highest BCUT2D eigenvalue weighted by molar-refractivity contribution is 8.13. The molecule has 1 heterocycles. The molecule has 0 unspecified atom stereocenters. The van der Waals surface area contributed by atoms with Crippen molar-refractivity contribution in [2.24, 2.45) is 0 Å². The Morgan fingerprint density at radius 1 is 1.41 bits per heavy atom. The number of nitrogens with zero attached hydrogens (tertiary/aromatic N) is 1. The third-order valence-corrected chi connectivity index (χ3v) is 3.53. The number of hydrogen-bond acceptors (Lipinski definition) is 4. The maximum atomic E-state index is 12.0. The fourth-order valence-electron chi connectivity index (χ4n) is 1.02. The van der Waals surface area contributed by atoms with E-state index in [0.29, 0.717) is 6.20 Å². The second-order valence-corrected chi connectivity index (χ2v) is 5.72. The van der Waals surface area contributed by atoms with Gasteiger partial charge in [-0.1, -0.05) is 11.6 Å². The van der Waals surface area contributed by atoms with Gasteiger partial charge in [-0.2, -0.15) is 0 Å². The van der Waals surface area contributed by atoms with Gasteiger partial charge in [0.2, 0.25) is 0 Å². The SMILES string of the molecule is Cc1ncc(OC(F)(F)F)c(Cl)c1S(=O)(=O)Cl. The van der Waals surface area contributed by atoms with Crippen LogP contribution in [-0.2, 0) is 9.05 Å². The number of alkyl halides is 3. The van der Waals surface area contributed by atoms with Crippen molar-refractivity contribution in [1.82, 2.24) is 4.98 Å². The summed E-state index contributed by atoms with van der Waals surface area (Å²) >= 11 is 5.48. The molecule has 10 heteroatoms. The van der Waals surface area contributed by atoms with Crippen molar-refractivity contribution in [1.29, 1.82) is 0 Å². The van der Waals surface area contributed by atoms with Gasteiger partial charge in [0.15, 0.2) is 5.75 Å². The van der Waals surface area contributed by atoms with Crippen LogP contribution in [0.15, 0.2) is 11.1 Å². The summed E-state index contributed by atoms with van der Waals surface area (Å²) in [5.74, 6) is -0.927. The van der Waals surface area contributed by atoms with Gasteiger partial charge in [0.1, 0.15) is 9.92 Å². The highest BCUT2D eigenvalue weighted by Gasteiger charge is 2.34. The molecule has 0 aliphatic carbocycles. The summed E-state index contributed by atoms with van der Waals surface area (Å²) in [5, 5.41) is -0.759. The summed E-state index contributed by atoms with van der Waals surface area (Å²) < 4.78 is 61.6. The molecule has 0 saturated heterocycles. The molecule has 1 rings (SSSR count). The van der Waals surface area contributed by atoms with Crippen LogP contribution in [0.1, 0.15) is 5.69 Å². The van der Waals surface area contributed by atoms with Crippen molar-refractivity contribution < 1.29 is 26.3 Å². The Kier molecular flexibility index (Phi) is 3.80. The smallest absolute Gasteiger partial charge is 0.402 e. The van der Waals surface area contributed by atoms with Crippen molar-refractivity contribution in [3.8, 4) is 5.75 Å². The summed E-state index contributed by atoms with van der Waals surface area (Å²) in [7, 11) is 0.711. The van der Waals surface area contributed by atoms with Crippen LogP contribution in [0.4, 0.5) is 13.2 Å². The van der Waals surface area contributed by atoms with Gasteiger partial charge in [-0.3, -0.25) is 4.98 Å². The van der Waals surface area contributed by atoms with Crippen molar-refractivity contribution in [2.75, 3.05) is 0 Å². The van der Waals surface area contributed by atoms with Crippen molar-refractivity contribution in [2.45, 2.75) is 18.2 Å². The Balaban J connectivity index is 3.40. The summed E-state index contributed by atoms with van der Waals surface area (Å²) in [4.78, 5) is 2.71. The zero-order chi connectivity index (χ0) is 13.4. The van der Waals surface area contributed by atoms with Gasteiger partial charge in [-0.15, -0.1) is 13.2 Å². The Morgan fingerprint density at radius 2 is 1.94 bits per heavy atom. The van der Waals surface area contributed by atoms with Gasteiger partial charge in [-0.05, 0) is 6.92 Å². The van der Waals surface area contributed by atoms with E-state index in [4.69, 9.17) is 22.3 Å². The fraction of sp³-hybridized carbons (Fsp3) is 0.286. The van der Waals surface area contributed by atoms with E-state index >= 15 is 0 Å². The minimum absolute atomic E-state index is 0.125. The lowest BCUT2D eigenvalue weighted by molar-refractivity contribution is -0.274. The number of ether oxygens (including phenoxy) is 1. The van der Waals surface area contributed by atoms with Crippen LogP contribution in [0.2, 0.25) is 5.02 Å². The second-order valence-electron chi connectivity index (χ2n) is 2.84. The van der Waals surface area contributed by atoms with Crippen LogP contribution in [0.3, 0.4) is 0 Å². The van der Waals surface area contributed by atoms with Crippen LogP contribution in [0, 0.1) is 6.92 Å². The molecule has 0 saturated carbocycles. The van der Waals surface area contributed by atoms with E-state index in [9.17, 15) is 21.6 Å². The minimum atomic E-state index is -5.01. The molecule has 17 heavy (non-hydrogen) atoms. The lowest BCUT2D eigenvalue weighted by Crippen LogP contribution is -2.18. The molecule has 0 bridgehead atoms. The second kappa shape index (κ2) is 4.51. The Bertz CT molecular complexity index is 544. The number of hydrogen-bond donors (Lipinski definition) is 0. The lowest BCUT2D eigenvalue weighted by atomic mass is 10.3. The highest BCUT2D eigenvalue weighted by Crippen LogP contribution is 2.36. The molecule has 0 radical (unpaired) electrons. The summed E-state index contributed by atoms with van der Waals surface area (Å²) in [6.07, 6.45) is -4.34. The summed E-state index contributed by atoms with van der Waals surface area (Å²) in [6.45, 7) is 1.23. The molecule has 0 aromatic carbocycles. The maximum absolute atomic E-state index is 12.0. The molecule has 1 aromatic rings. The molecular formula is C7H4Cl2F3NO3S. The van der Waals surface area contributed by atoms with E-state index in [-0.39, 0.29) is 5.69 Å². The molecule has 4 nitrogen and oxygen atoms in total. The molecule has 0 aliphatic heterocycles. The van der Waals surface area contributed by atoms with Gasteiger partial charge in [0, 0.05) is 10.7 Å². The molecule has 0 atom stereocenters. The zero-order valence-electron chi connectivity index (χ0n) is 8.05. The first-order valence-corrected chi connectivity index (χ1v) is 6.56. The summed E-state index contributed by atoms with van der Waals surface area (Å²) in [6, 6.07) is 0. The quantitative estimate of drug-likeness (QED) is 0.788. The predicted octanol–water partition coefficient (Wildman–Crippen LogP) is 2.87. The van der Waals surface area contributed by atoms with E-state index in [0.717, 1.165) is 0 Å². The third kappa shape index (κ3) is 3.62. The average molecular weight is 310 g/mol. The molecule has 0 N–H and O–H groups in total. The number of aromatic nitrogens is 1.